The third-order valence-corrected chi connectivity index (χ3v) is 4.09. The summed E-state index contributed by atoms with van der Waals surface area (Å²) in [6.07, 6.45) is 0.566. The van der Waals surface area contributed by atoms with E-state index in [4.69, 9.17) is 0 Å². The highest BCUT2D eigenvalue weighted by molar-refractivity contribution is 7.85. The van der Waals surface area contributed by atoms with E-state index in [0.717, 1.165) is 12.1 Å². The van der Waals surface area contributed by atoms with Crippen LogP contribution in [0, 0.1) is 11.6 Å². The van der Waals surface area contributed by atoms with E-state index in [0.29, 0.717) is 12.2 Å². The topological polar surface area (TPSA) is 29.1 Å². The van der Waals surface area contributed by atoms with Crippen molar-refractivity contribution in [3.05, 3.63) is 29.3 Å². The number of fused-ring (bicyclic) bond motifs is 1. The van der Waals surface area contributed by atoms with E-state index >= 15 is 0 Å². The molecule has 1 heterocycles. The first-order valence-corrected chi connectivity index (χ1v) is 6.00. The molecular weight excluding hydrogens is 220 g/mol. The van der Waals surface area contributed by atoms with Crippen LogP contribution in [0.4, 0.5) is 8.78 Å². The molecule has 1 aromatic carbocycles. The van der Waals surface area contributed by atoms with Crippen LogP contribution in [0.3, 0.4) is 0 Å². The van der Waals surface area contributed by atoms with Crippen LogP contribution in [0.15, 0.2) is 17.0 Å². The molecule has 0 saturated heterocycles. The van der Waals surface area contributed by atoms with E-state index in [9.17, 15) is 13.0 Å². The molecule has 2 atom stereocenters. The smallest absolute Gasteiger partial charge is 0.139 e. The average Bonchev–Trinajstić information content (AvgIpc) is 2.23. The maximum Gasteiger partial charge on any atom is 0.139 e. The lowest BCUT2D eigenvalue weighted by Crippen LogP contribution is -2.27. The molecule has 0 aliphatic carbocycles. The predicted molar refractivity (Wildman–Crippen MR) is 54.1 cm³/mol. The lowest BCUT2D eigenvalue weighted by atomic mass is 10.0. The Hall–Kier alpha value is -0.810. The summed E-state index contributed by atoms with van der Waals surface area (Å²) < 4.78 is 38.5. The highest BCUT2D eigenvalue weighted by Crippen LogP contribution is 2.33. The highest BCUT2D eigenvalue weighted by atomic mass is 32.2. The van der Waals surface area contributed by atoms with E-state index in [1.165, 1.54) is 0 Å². The maximum absolute atomic E-state index is 13.5. The van der Waals surface area contributed by atoms with Crippen LogP contribution in [0.1, 0.15) is 18.0 Å². The van der Waals surface area contributed by atoms with Gasteiger partial charge in [0.2, 0.25) is 0 Å². The second kappa shape index (κ2) is 3.98. The molecule has 15 heavy (non-hydrogen) atoms. The molecule has 1 aliphatic rings. The summed E-state index contributed by atoms with van der Waals surface area (Å²) in [6, 6.07) is 1.87. The van der Waals surface area contributed by atoms with Gasteiger partial charge < -0.3 is 5.32 Å². The molecular formula is C10H11F2NOS. The maximum atomic E-state index is 13.5. The SMILES string of the molecule is CNC1CCS(=O)c2c(F)ccc(F)c21. The van der Waals surface area contributed by atoms with Crippen LogP contribution < -0.4 is 5.32 Å². The number of hydrogen-bond donors (Lipinski definition) is 1. The summed E-state index contributed by atoms with van der Waals surface area (Å²) in [7, 11) is 0.273. The minimum absolute atomic E-state index is 0.0283. The van der Waals surface area contributed by atoms with Crippen molar-refractivity contribution >= 4 is 10.8 Å². The largest absolute Gasteiger partial charge is 0.313 e. The van der Waals surface area contributed by atoms with Gasteiger partial charge in [0.1, 0.15) is 11.6 Å². The van der Waals surface area contributed by atoms with Crippen LogP contribution in [-0.4, -0.2) is 17.0 Å². The fourth-order valence-electron chi connectivity index (χ4n) is 1.86. The summed E-state index contributed by atoms with van der Waals surface area (Å²) >= 11 is 0. The summed E-state index contributed by atoms with van der Waals surface area (Å²) in [5.74, 6) is -0.692. The van der Waals surface area contributed by atoms with Gasteiger partial charge in [-0.2, -0.15) is 0 Å². The second-order valence-electron chi connectivity index (χ2n) is 3.45. The van der Waals surface area contributed by atoms with Crippen molar-refractivity contribution in [3.8, 4) is 0 Å². The summed E-state index contributed by atoms with van der Waals surface area (Å²) in [5, 5.41) is 2.91. The van der Waals surface area contributed by atoms with Gasteiger partial charge in [-0.3, -0.25) is 4.21 Å². The first-order valence-electron chi connectivity index (χ1n) is 4.68. The molecule has 0 fully saturated rings. The van der Waals surface area contributed by atoms with Gasteiger partial charge in [0.25, 0.3) is 0 Å². The third-order valence-electron chi connectivity index (χ3n) is 2.61. The predicted octanol–water partition coefficient (Wildman–Crippen LogP) is 1.74. The molecule has 2 nitrogen and oxygen atoms in total. The minimum atomic E-state index is -1.41. The summed E-state index contributed by atoms with van der Waals surface area (Å²) in [5.41, 5.74) is 0.224. The lowest BCUT2D eigenvalue weighted by Gasteiger charge is -2.25. The summed E-state index contributed by atoms with van der Waals surface area (Å²) in [4.78, 5) is 0.0283. The van der Waals surface area contributed by atoms with E-state index in [-0.39, 0.29) is 16.5 Å². The summed E-state index contributed by atoms with van der Waals surface area (Å²) in [6.45, 7) is 0. The van der Waals surface area contributed by atoms with Crippen LogP contribution in [-0.2, 0) is 10.8 Å². The van der Waals surface area contributed by atoms with E-state index in [1.807, 2.05) is 0 Å². The Balaban J connectivity index is 2.65. The molecule has 0 spiro atoms. The quantitative estimate of drug-likeness (QED) is 0.797. The second-order valence-corrected chi connectivity index (χ2v) is 4.96. The number of rotatable bonds is 1. The van der Waals surface area contributed by atoms with Gasteiger partial charge in [-0.05, 0) is 25.6 Å². The van der Waals surface area contributed by atoms with Gasteiger partial charge >= 0.3 is 0 Å². The van der Waals surface area contributed by atoms with E-state index < -0.39 is 22.4 Å². The Morgan fingerprint density at radius 2 is 2.07 bits per heavy atom. The van der Waals surface area contributed by atoms with Gasteiger partial charge in [0.15, 0.2) is 0 Å². The Morgan fingerprint density at radius 1 is 1.40 bits per heavy atom. The molecule has 0 radical (unpaired) electrons. The van der Waals surface area contributed by atoms with Crippen molar-refractivity contribution in [2.24, 2.45) is 0 Å². The third kappa shape index (κ3) is 1.70. The Labute approximate surface area is 89.1 Å². The number of nitrogens with one attached hydrogen (secondary N) is 1. The minimum Gasteiger partial charge on any atom is -0.313 e. The normalized spacial score (nSPS) is 25.0. The van der Waals surface area contributed by atoms with Crippen LogP contribution in [0.25, 0.3) is 0 Å². The van der Waals surface area contributed by atoms with Gasteiger partial charge in [0, 0.05) is 17.4 Å². The molecule has 2 rings (SSSR count). The van der Waals surface area contributed by atoms with Crippen LogP contribution >= 0.6 is 0 Å². The molecule has 82 valence electrons. The molecule has 5 heteroatoms. The standard InChI is InChI=1S/C10H11F2NOS/c1-13-8-4-5-15(14)10-7(12)3-2-6(11)9(8)10/h2-3,8,13H,4-5H2,1H3. The van der Waals surface area contributed by atoms with Crippen LogP contribution in [0.5, 0.6) is 0 Å². The fraction of sp³-hybridized carbons (Fsp3) is 0.400. The van der Waals surface area contributed by atoms with Crippen molar-refractivity contribution < 1.29 is 13.0 Å². The van der Waals surface area contributed by atoms with Crippen LogP contribution in [0.2, 0.25) is 0 Å². The number of hydrogen-bond acceptors (Lipinski definition) is 2. The first-order chi connectivity index (χ1) is 7.15. The first kappa shape index (κ1) is 10.7. The molecule has 2 unspecified atom stereocenters. The van der Waals surface area contributed by atoms with Crippen molar-refractivity contribution in [1.29, 1.82) is 0 Å². The molecule has 1 aromatic rings. The van der Waals surface area contributed by atoms with E-state index in [1.54, 1.807) is 7.05 Å². The Morgan fingerprint density at radius 3 is 2.73 bits per heavy atom. The molecule has 1 aliphatic heterocycles. The highest BCUT2D eigenvalue weighted by Gasteiger charge is 2.29. The average molecular weight is 231 g/mol. The monoisotopic (exact) mass is 231 g/mol. The van der Waals surface area contributed by atoms with Gasteiger partial charge in [-0.1, -0.05) is 0 Å². The molecule has 0 saturated carbocycles. The Kier molecular flexibility index (Phi) is 2.84. The molecule has 1 N–H and O–H groups in total. The van der Waals surface area contributed by atoms with Gasteiger partial charge in [0.05, 0.1) is 15.7 Å². The van der Waals surface area contributed by atoms with Gasteiger partial charge in [-0.15, -0.1) is 0 Å². The fourth-order valence-corrected chi connectivity index (χ4v) is 3.29. The van der Waals surface area contributed by atoms with Gasteiger partial charge in [-0.25, -0.2) is 8.78 Å². The molecule has 0 aromatic heterocycles. The van der Waals surface area contributed by atoms with E-state index in [2.05, 4.69) is 5.32 Å². The number of benzene rings is 1. The molecule has 0 bridgehead atoms. The van der Waals surface area contributed by atoms with Crippen molar-refractivity contribution in [3.63, 3.8) is 0 Å². The number of halogens is 2. The lowest BCUT2D eigenvalue weighted by molar-refractivity contribution is 0.484. The van der Waals surface area contributed by atoms with Crippen molar-refractivity contribution in [2.45, 2.75) is 17.4 Å². The zero-order chi connectivity index (χ0) is 11.0. The molecule has 0 amide bonds. The zero-order valence-electron chi connectivity index (χ0n) is 8.22. The van der Waals surface area contributed by atoms with Crippen molar-refractivity contribution in [2.75, 3.05) is 12.8 Å². The van der Waals surface area contributed by atoms with Crippen molar-refractivity contribution in [1.82, 2.24) is 5.32 Å². The zero-order valence-corrected chi connectivity index (χ0v) is 9.04. The Bertz CT molecular complexity index is 422.